The molecule has 1 aliphatic heterocycles. The number of methoxy groups -OCH3 is 1. The second-order valence-corrected chi connectivity index (χ2v) is 7.52. The van der Waals surface area contributed by atoms with Crippen LogP contribution in [0.5, 0.6) is 5.75 Å². The molecule has 0 radical (unpaired) electrons. The maximum atomic E-state index is 13.0. The second kappa shape index (κ2) is 8.98. The molecule has 2 N–H and O–H groups in total. The van der Waals surface area contributed by atoms with Crippen LogP contribution in [0.3, 0.4) is 0 Å². The van der Waals surface area contributed by atoms with Gasteiger partial charge in [-0.2, -0.15) is 0 Å². The number of nitrogens with one attached hydrogen (secondary N) is 2. The van der Waals surface area contributed by atoms with Gasteiger partial charge in [-0.05, 0) is 55.2 Å². The van der Waals surface area contributed by atoms with Crippen molar-refractivity contribution < 1.29 is 19.1 Å². The zero-order valence-corrected chi connectivity index (χ0v) is 17.5. The van der Waals surface area contributed by atoms with Crippen LogP contribution in [0.15, 0.2) is 48.5 Å². The molecule has 1 fully saturated rings. The van der Waals surface area contributed by atoms with E-state index in [9.17, 15) is 14.4 Å². The number of imide groups is 1. The van der Waals surface area contributed by atoms with Gasteiger partial charge in [-0.1, -0.05) is 37.6 Å². The molecule has 1 saturated heterocycles. The molecule has 0 aliphatic carbocycles. The fourth-order valence-corrected chi connectivity index (χ4v) is 3.44. The van der Waals surface area contributed by atoms with Gasteiger partial charge in [-0.15, -0.1) is 0 Å². The number of carbonyl (C=O) groups is 3. The number of rotatable bonds is 8. The van der Waals surface area contributed by atoms with Gasteiger partial charge in [0.2, 0.25) is 5.91 Å². The largest absolute Gasteiger partial charge is 0.497 e. The third-order valence-corrected chi connectivity index (χ3v) is 5.30. The first kappa shape index (κ1) is 21.4. The Hall–Kier alpha value is -3.35. The number of unbranched alkanes of at least 4 members (excludes halogenated alkanes) is 1. The van der Waals surface area contributed by atoms with Gasteiger partial charge in [0.05, 0.1) is 7.11 Å². The van der Waals surface area contributed by atoms with Crippen molar-refractivity contribution in [3.05, 3.63) is 59.7 Å². The Labute approximate surface area is 176 Å². The first-order valence-electron chi connectivity index (χ1n) is 10.0. The number of aryl methyl sites for hydroxylation is 1. The summed E-state index contributed by atoms with van der Waals surface area (Å²) in [5.74, 6) is -0.252. The molecule has 0 spiro atoms. The number of urea groups is 1. The van der Waals surface area contributed by atoms with Crippen molar-refractivity contribution in [1.82, 2.24) is 10.2 Å². The van der Waals surface area contributed by atoms with Crippen molar-refractivity contribution in [1.29, 1.82) is 0 Å². The van der Waals surface area contributed by atoms with Gasteiger partial charge in [0.25, 0.3) is 5.91 Å². The van der Waals surface area contributed by atoms with Crippen LogP contribution in [0.1, 0.15) is 37.8 Å². The fourth-order valence-electron chi connectivity index (χ4n) is 3.44. The number of anilines is 1. The predicted molar refractivity (Wildman–Crippen MR) is 114 cm³/mol. The summed E-state index contributed by atoms with van der Waals surface area (Å²) in [5, 5.41) is 5.44. The van der Waals surface area contributed by atoms with E-state index in [2.05, 4.69) is 17.6 Å². The Balaban J connectivity index is 1.65. The second-order valence-electron chi connectivity index (χ2n) is 7.52. The van der Waals surface area contributed by atoms with Gasteiger partial charge in [-0.3, -0.25) is 14.5 Å². The molecular formula is C23H27N3O4. The minimum absolute atomic E-state index is 0.353. The van der Waals surface area contributed by atoms with E-state index in [1.54, 1.807) is 38.3 Å². The third kappa shape index (κ3) is 4.45. The van der Waals surface area contributed by atoms with Crippen molar-refractivity contribution in [2.24, 2.45) is 0 Å². The van der Waals surface area contributed by atoms with E-state index in [0.717, 1.165) is 24.2 Å². The van der Waals surface area contributed by atoms with Crippen LogP contribution in [0.2, 0.25) is 0 Å². The first-order chi connectivity index (χ1) is 14.4. The summed E-state index contributed by atoms with van der Waals surface area (Å²) in [6.07, 6.45) is 3.24. The summed E-state index contributed by atoms with van der Waals surface area (Å²) < 4.78 is 5.13. The van der Waals surface area contributed by atoms with Crippen molar-refractivity contribution >= 4 is 23.5 Å². The van der Waals surface area contributed by atoms with Crippen LogP contribution in [0.25, 0.3) is 0 Å². The van der Waals surface area contributed by atoms with Crippen LogP contribution >= 0.6 is 0 Å². The Morgan fingerprint density at radius 3 is 2.37 bits per heavy atom. The Kier molecular flexibility index (Phi) is 6.40. The lowest BCUT2D eigenvalue weighted by Crippen LogP contribution is -2.42. The van der Waals surface area contributed by atoms with Gasteiger partial charge < -0.3 is 15.4 Å². The van der Waals surface area contributed by atoms with Crippen molar-refractivity contribution in [2.45, 2.75) is 38.6 Å². The van der Waals surface area contributed by atoms with E-state index in [1.165, 1.54) is 5.56 Å². The Morgan fingerprint density at radius 2 is 1.77 bits per heavy atom. The highest BCUT2D eigenvalue weighted by atomic mass is 16.5. The molecule has 0 aromatic heterocycles. The molecule has 30 heavy (non-hydrogen) atoms. The summed E-state index contributed by atoms with van der Waals surface area (Å²) in [6.45, 7) is 3.42. The molecule has 3 rings (SSSR count). The number of benzene rings is 2. The number of nitrogens with zero attached hydrogens (tertiary/aromatic N) is 1. The molecular weight excluding hydrogens is 382 g/mol. The lowest BCUT2D eigenvalue weighted by molar-refractivity contribution is -0.133. The molecule has 2 aromatic carbocycles. The van der Waals surface area contributed by atoms with Crippen LogP contribution in [0.4, 0.5) is 10.5 Å². The Morgan fingerprint density at radius 1 is 1.10 bits per heavy atom. The number of hydrogen-bond acceptors (Lipinski definition) is 4. The molecule has 0 saturated carbocycles. The van der Waals surface area contributed by atoms with Crippen molar-refractivity contribution in [2.75, 3.05) is 19.0 Å². The molecule has 1 heterocycles. The maximum Gasteiger partial charge on any atom is 0.325 e. The first-order valence-corrected chi connectivity index (χ1v) is 10.0. The number of carbonyl (C=O) groups excluding carboxylic acids is 3. The maximum absolute atomic E-state index is 13.0. The smallest absolute Gasteiger partial charge is 0.325 e. The molecule has 158 valence electrons. The van der Waals surface area contributed by atoms with E-state index in [0.29, 0.717) is 17.0 Å². The van der Waals surface area contributed by atoms with Gasteiger partial charge in [0.15, 0.2) is 0 Å². The highest BCUT2D eigenvalue weighted by molar-refractivity contribution is 6.10. The van der Waals surface area contributed by atoms with Crippen LogP contribution in [-0.2, 0) is 21.5 Å². The average molecular weight is 409 g/mol. The molecule has 4 amide bonds. The molecule has 7 heteroatoms. The molecule has 1 atom stereocenters. The summed E-state index contributed by atoms with van der Waals surface area (Å²) in [7, 11) is 1.55. The summed E-state index contributed by atoms with van der Waals surface area (Å²) in [6, 6.07) is 13.9. The lowest BCUT2D eigenvalue weighted by atomic mass is 9.92. The SMILES string of the molecule is CCCCc1ccc(NC(=O)CN2C(=O)N[C@](C)(c3ccc(OC)cc3)C2=O)cc1. The number of hydrogen-bond donors (Lipinski definition) is 2. The van der Waals surface area contributed by atoms with E-state index in [-0.39, 0.29) is 6.54 Å². The van der Waals surface area contributed by atoms with Gasteiger partial charge in [0, 0.05) is 5.69 Å². The average Bonchev–Trinajstić information content (AvgIpc) is 2.97. The van der Waals surface area contributed by atoms with Gasteiger partial charge in [0.1, 0.15) is 17.8 Å². The van der Waals surface area contributed by atoms with Crippen molar-refractivity contribution in [3.8, 4) is 5.75 Å². The number of amides is 4. The monoisotopic (exact) mass is 409 g/mol. The summed E-state index contributed by atoms with van der Waals surface area (Å²) in [4.78, 5) is 38.8. The molecule has 2 aromatic rings. The fraction of sp³-hybridized carbons (Fsp3) is 0.348. The van der Waals surface area contributed by atoms with Crippen LogP contribution in [-0.4, -0.2) is 36.4 Å². The molecule has 0 unspecified atom stereocenters. The molecule has 7 nitrogen and oxygen atoms in total. The van der Waals surface area contributed by atoms with E-state index in [1.807, 2.05) is 24.3 Å². The summed E-state index contributed by atoms with van der Waals surface area (Å²) in [5.41, 5.74) is 1.22. The topological polar surface area (TPSA) is 87.7 Å². The van der Waals surface area contributed by atoms with E-state index >= 15 is 0 Å². The molecule has 1 aliphatic rings. The zero-order chi connectivity index (χ0) is 21.7. The zero-order valence-electron chi connectivity index (χ0n) is 17.5. The lowest BCUT2D eigenvalue weighted by Gasteiger charge is -2.22. The minimum atomic E-state index is -1.23. The molecule has 0 bridgehead atoms. The highest BCUT2D eigenvalue weighted by Crippen LogP contribution is 2.30. The van der Waals surface area contributed by atoms with Crippen LogP contribution in [0, 0.1) is 0 Å². The van der Waals surface area contributed by atoms with Crippen molar-refractivity contribution in [3.63, 3.8) is 0 Å². The van der Waals surface area contributed by atoms with Gasteiger partial charge in [-0.25, -0.2) is 4.79 Å². The predicted octanol–water partition coefficient (Wildman–Crippen LogP) is 3.44. The highest BCUT2D eigenvalue weighted by Gasteiger charge is 2.49. The standard InChI is InChI=1S/C23H27N3O4/c1-4-5-6-16-7-11-18(12-8-16)24-20(27)15-26-21(28)23(2,25-22(26)29)17-9-13-19(30-3)14-10-17/h7-14H,4-6,15H2,1-3H3,(H,24,27)(H,25,29)/t23-/m1/s1. The summed E-state index contributed by atoms with van der Waals surface area (Å²) >= 11 is 0. The van der Waals surface area contributed by atoms with Gasteiger partial charge >= 0.3 is 6.03 Å². The normalized spacial score (nSPS) is 18.3. The third-order valence-electron chi connectivity index (χ3n) is 5.30. The van der Waals surface area contributed by atoms with E-state index < -0.39 is 23.4 Å². The quantitative estimate of drug-likeness (QED) is 0.654. The van der Waals surface area contributed by atoms with Crippen LogP contribution < -0.4 is 15.4 Å². The number of ether oxygens (including phenoxy) is 1. The van der Waals surface area contributed by atoms with E-state index in [4.69, 9.17) is 4.74 Å². The Bertz CT molecular complexity index is 924. The minimum Gasteiger partial charge on any atom is -0.497 e.